The lowest BCUT2D eigenvalue weighted by Gasteiger charge is -2.62. The number of rotatable bonds is 9. The number of hydrogen-bond acceptors (Lipinski definition) is 5. The zero-order valence-electron chi connectivity index (χ0n) is 27.3. The molecule has 0 aliphatic heterocycles. The predicted molar refractivity (Wildman–Crippen MR) is 171 cm³/mol. The number of nitrogens with zero attached hydrogens (tertiary/aromatic N) is 1. The van der Waals surface area contributed by atoms with Crippen LogP contribution in [0.4, 0.5) is 0 Å². The maximum Gasteiger partial charge on any atom is 0.184 e. The van der Waals surface area contributed by atoms with Crippen molar-refractivity contribution in [3.63, 3.8) is 0 Å². The second-order valence-corrected chi connectivity index (χ2v) is 29.9. The fourth-order valence-corrected chi connectivity index (χ4v) is 12.4. The molecule has 0 N–H and O–H groups in total. The molecule has 39 heavy (non-hydrogen) atoms. The van der Waals surface area contributed by atoms with Gasteiger partial charge in [-0.2, -0.15) is 0 Å². The monoisotopic (exact) mass is 593 g/mol. The first-order valence-corrected chi connectivity index (χ1v) is 25.9. The van der Waals surface area contributed by atoms with Crippen LogP contribution in [-0.4, -0.2) is 56.1 Å². The summed E-state index contributed by atoms with van der Waals surface area (Å²) in [5.74, 6) is 2.18. The smallest absolute Gasteiger partial charge is 0.184 e. The van der Waals surface area contributed by atoms with Gasteiger partial charge in [0.15, 0.2) is 25.0 Å². The fourth-order valence-electron chi connectivity index (χ4n) is 9.12. The maximum absolute atomic E-state index is 7.52. The number of allylic oxidation sites excluding steroid dienone is 2. The second kappa shape index (κ2) is 10.8. The van der Waals surface area contributed by atoms with Crippen molar-refractivity contribution in [2.24, 2.45) is 33.7 Å². The van der Waals surface area contributed by atoms with Crippen molar-refractivity contribution < 1.29 is 18.1 Å². The van der Waals surface area contributed by atoms with Gasteiger partial charge in [-0.05, 0) is 140 Å². The van der Waals surface area contributed by atoms with E-state index in [1.54, 1.807) is 12.7 Å². The Morgan fingerprint density at radius 2 is 1.51 bits per heavy atom. The molecule has 0 spiro atoms. The zero-order valence-corrected chi connectivity index (χ0v) is 30.3. The first-order chi connectivity index (χ1) is 17.8. The molecule has 0 saturated heterocycles. The summed E-state index contributed by atoms with van der Waals surface area (Å²) in [6, 6.07) is 0. The molecule has 7 atom stereocenters. The second-order valence-electron chi connectivity index (χ2n) is 16.5. The Hall–Kier alpha value is -0.259. The van der Waals surface area contributed by atoms with E-state index in [1.165, 1.54) is 38.5 Å². The molecule has 0 amide bonds. The van der Waals surface area contributed by atoms with Crippen molar-refractivity contribution in [3.05, 3.63) is 11.6 Å². The summed E-state index contributed by atoms with van der Waals surface area (Å²) >= 11 is 0. The summed E-state index contributed by atoms with van der Waals surface area (Å²) < 4.78 is 21.4. The van der Waals surface area contributed by atoms with Crippen LogP contribution >= 0.6 is 0 Å². The van der Waals surface area contributed by atoms with Gasteiger partial charge in [0.1, 0.15) is 7.11 Å². The topological polar surface area (TPSA) is 49.3 Å². The summed E-state index contributed by atoms with van der Waals surface area (Å²) in [5.41, 5.74) is 2.88. The van der Waals surface area contributed by atoms with Crippen LogP contribution in [0.5, 0.6) is 0 Å². The number of fused-ring (bicyclic) bond motifs is 5. The molecule has 0 unspecified atom stereocenters. The summed E-state index contributed by atoms with van der Waals surface area (Å²) in [6.45, 7) is 26.9. The van der Waals surface area contributed by atoms with Gasteiger partial charge in [-0.1, -0.05) is 24.6 Å². The molecular weight excluding hydrogens is 535 g/mol. The highest BCUT2D eigenvalue weighted by Gasteiger charge is 2.68. The predicted octanol–water partition coefficient (Wildman–Crippen LogP) is 8.61. The van der Waals surface area contributed by atoms with Crippen LogP contribution < -0.4 is 0 Å². The van der Waals surface area contributed by atoms with Gasteiger partial charge in [-0.25, -0.2) is 0 Å². The fraction of sp³-hybridized carbons (Fsp3) is 0.903. The molecule has 8 heteroatoms. The van der Waals surface area contributed by atoms with Gasteiger partial charge < -0.3 is 18.1 Å². The largest absolute Gasteiger partial charge is 0.415 e. The van der Waals surface area contributed by atoms with E-state index in [0.717, 1.165) is 30.4 Å². The van der Waals surface area contributed by atoms with Gasteiger partial charge >= 0.3 is 0 Å². The third kappa shape index (κ3) is 6.26. The first kappa shape index (κ1) is 31.7. The molecule has 3 fully saturated rings. The van der Waals surface area contributed by atoms with E-state index >= 15 is 0 Å². The molecule has 0 aromatic rings. The van der Waals surface area contributed by atoms with Crippen LogP contribution in [0, 0.1) is 28.6 Å². The summed E-state index contributed by atoms with van der Waals surface area (Å²) in [4.78, 5) is 5.15. The normalized spacial score (nSPS) is 39.0. The average molecular weight is 594 g/mol. The average Bonchev–Trinajstić information content (AvgIpc) is 3.07. The minimum absolute atomic E-state index is 0.00583. The third-order valence-electron chi connectivity index (χ3n) is 10.5. The molecule has 3 saturated carbocycles. The standard InChI is InChI=1S/C31H59NO4Si3/c1-29-18-15-24(32-33-3)21-23(29)13-14-25-26(29)16-19-30(2)27(25)17-20-31(30,36-39(10,11)12)28(35-38(7,8)9)22-34-37(4,5)6/h21,25-28H,13-20,22H2,1-12H3/b32-24-/t25-,26+,27+,28+,29+,30+,31+/m1/s1. The molecular formula is C31H59NO4Si3. The van der Waals surface area contributed by atoms with Crippen molar-refractivity contribution in [2.45, 2.75) is 136 Å². The van der Waals surface area contributed by atoms with Gasteiger partial charge in [-0.15, -0.1) is 0 Å². The van der Waals surface area contributed by atoms with Crippen molar-refractivity contribution >= 4 is 30.7 Å². The van der Waals surface area contributed by atoms with Crippen LogP contribution in [0.15, 0.2) is 16.8 Å². The molecule has 0 aromatic heterocycles. The van der Waals surface area contributed by atoms with E-state index in [4.69, 9.17) is 18.1 Å². The van der Waals surface area contributed by atoms with E-state index in [1.807, 2.05) is 0 Å². The summed E-state index contributed by atoms with van der Waals surface area (Å²) in [5, 5.41) is 4.32. The lowest BCUT2D eigenvalue weighted by atomic mass is 9.46. The molecule has 5 nitrogen and oxygen atoms in total. The van der Waals surface area contributed by atoms with E-state index < -0.39 is 25.0 Å². The van der Waals surface area contributed by atoms with Crippen LogP contribution in [0.25, 0.3) is 0 Å². The van der Waals surface area contributed by atoms with Crippen LogP contribution in [0.1, 0.15) is 65.2 Å². The lowest BCUT2D eigenvalue weighted by molar-refractivity contribution is -0.167. The van der Waals surface area contributed by atoms with Gasteiger partial charge in [0, 0.05) is 5.41 Å². The van der Waals surface area contributed by atoms with Crippen molar-refractivity contribution in [3.8, 4) is 0 Å². The first-order valence-electron chi connectivity index (χ1n) is 15.7. The van der Waals surface area contributed by atoms with E-state index in [2.05, 4.69) is 84.0 Å². The zero-order chi connectivity index (χ0) is 29.1. The maximum atomic E-state index is 7.52. The quantitative estimate of drug-likeness (QED) is 0.198. The Balaban J connectivity index is 1.72. The molecule has 0 bridgehead atoms. The molecule has 4 rings (SSSR count). The Bertz CT molecular complexity index is 964. The molecule has 0 aromatic carbocycles. The van der Waals surface area contributed by atoms with E-state index in [0.29, 0.717) is 12.5 Å². The molecule has 0 radical (unpaired) electrons. The highest BCUT2D eigenvalue weighted by molar-refractivity contribution is 6.70. The van der Waals surface area contributed by atoms with Gasteiger partial charge in [-0.3, -0.25) is 0 Å². The van der Waals surface area contributed by atoms with E-state index in [-0.39, 0.29) is 22.5 Å². The highest BCUT2D eigenvalue weighted by atomic mass is 28.4. The minimum Gasteiger partial charge on any atom is -0.415 e. The van der Waals surface area contributed by atoms with Crippen LogP contribution in [0.3, 0.4) is 0 Å². The summed E-state index contributed by atoms with van der Waals surface area (Å²) in [7, 11) is -3.75. The van der Waals surface area contributed by atoms with Crippen molar-refractivity contribution in [1.29, 1.82) is 0 Å². The summed E-state index contributed by atoms with van der Waals surface area (Å²) in [6.07, 6.45) is 12.0. The van der Waals surface area contributed by atoms with E-state index in [9.17, 15) is 0 Å². The van der Waals surface area contributed by atoms with Crippen LogP contribution in [-0.2, 0) is 18.1 Å². The van der Waals surface area contributed by atoms with Crippen molar-refractivity contribution in [1.82, 2.24) is 0 Å². The Kier molecular flexibility index (Phi) is 8.76. The molecule has 224 valence electrons. The van der Waals surface area contributed by atoms with Crippen molar-refractivity contribution in [2.75, 3.05) is 13.7 Å². The third-order valence-corrected chi connectivity index (χ3v) is 13.5. The number of oxime groups is 1. The SMILES string of the molecule is CO/N=C1\C=C2CC[C@@H]3[C@H](CC[C@@]4(C)[C@H]3CC[C@]4(O[Si](C)(C)C)[C@H](CO[Si](C)(C)C)O[Si](C)(C)C)[C@@]2(C)CC1. The Morgan fingerprint density at radius 3 is 2.10 bits per heavy atom. The molecule has 4 aliphatic carbocycles. The Labute approximate surface area is 243 Å². The Morgan fingerprint density at radius 1 is 0.846 bits per heavy atom. The highest BCUT2D eigenvalue weighted by Crippen LogP contribution is 2.69. The lowest BCUT2D eigenvalue weighted by Crippen LogP contribution is -2.65. The van der Waals surface area contributed by atoms with Gasteiger partial charge in [0.2, 0.25) is 0 Å². The van der Waals surface area contributed by atoms with Gasteiger partial charge in [0.25, 0.3) is 0 Å². The van der Waals surface area contributed by atoms with Crippen LogP contribution in [0.2, 0.25) is 58.9 Å². The minimum atomic E-state index is -1.88. The number of hydrogen-bond donors (Lipinski definition) is 0. The molecule has 0 heterocycles. The van der Waals surface area contributed by atoms with Gasteiger partial charge in [0.05, 0.1) is 24.0 Å². The molecule has 4 aliphatic rings.